The van der Waals surface area contributed by atoms with E-state index in [0.29, 0.717) is 18.7 Å². The summed E-state index contributed by atoms with van der Waals surface area (Å²) in [6.45, 7) is 0.536. The smallest absolute Gasteiger partial charge is 0.326 e. The van der Waals surface area contributed by atoms with Gasteiger partial charge in [0.25, 0.3) is 0 Å². The monoisotopic (exact) mass is 320 g/mol. The van der Waals surface area contributed by atoms with Crippen LogP contribution in [0.5, 0.6) is 0 Å². The number of carboxylic acids is 1. The molecule has 5 nitrogen and oxygen atoms in total. The molecule has 0 bridgehead atoms. The largest absolute Gasteiger partial charge is 0.480 e. The van der Waals surface area contributed by atoms with E-state index in [4.69, 9.17) is 5.11 Å². The fraction of sp³-hybridized carbons (Fsp3) is 0.375. The Kier molecular flexibility index (Phi) is 5.89. The fourth-order valence-electron chi connectivity index (χ4n) is 2.32. The average Bonchev–Trinajstić information content (AvgIpc) is 2.92. The predicted molar refractivity (Wildman–Crippen MR) is 89.1 cm³/mol. The van der Waals surface area contributed by atoms with Crippen LogP contribution in [0, 0.1) is 0 Å². The second-order valence-electron chi connectivity index (χ2n) is 5.06. The third-order valence-corrected chi connectivity index (χ3v) is 4.15. The van der Waals surface area contributed by atoms with Crippen molar-refractivity contribution < 1.29 is 14.7 Å². The second kappa shape index (κ2) is 7.89. The van der Waals surface area contributed by atoms with Gasteiger partial charge in [-0.25, -0.2) is 4.79 Å². The van der Waals surface area contributed by atoms with Crippen molar-refractivity contribution in [1.82, 2.24) is 9.88 Å². The molecule has 0 spiro atoms. The first-order valence-corrected chi connectivity index (χ1v) is 8.56. The topological polar surface area (TPSA) is 71.3 Å². The normalized spacial score (nSPS) is 12.2. The van der Waals surface area contributed by atoms with E-state index in [1.807, 2.05) is 47.4 Å². The molecular weight excluding hydrogens is 300 g/mol. The number of amides is 1. The maximum atomic E-state index is 12.0. The number of hydrogen-bond acceptors (Lipinski definition) is 3. The van der Waals surface area contributed by atoms with Crippen LogP contribution in [0.25, 0.3) is 10.9 Å². The lowest BCUT2D eigenvalue weighted by Gasteiger charge is -2.14. The summed E-state index contributed by atoms with van der Waals surface area (Å²) < 4.78 is 2.01. The molecule has 1 heterocycles. The molecule has 0 aliphatic rings. The van der Waals surface area contributed by atoms with Crippen molar-refractivity contribution in [2.75, 3.05) is 12.0 Å². The first kappa shape index (κ1) is 16.4. The number of fused-ring (bicyclic) bond motifs is 1. The van der Waals surface area contributed by atoms with Crippen molar-refractivity contribution in [2.24, 2.45) is 0 Å². The van der Waals surface area contributed by atoms with Gasteiger partial charge in [0.15, 0.2) is 0 Å². The zero-order chi connectivity index (χ0) is 15.9. The minimum Gasteiger partial charge on any atom is -0.480 e. The molecule has 0 saturated carbocycles. The maximum absolute atomic E-state index is 12.0. The number of aryl methyl sites for hydroxylation is 1. The van der Waals surface area contributed by atoms with Crippen LogP contribution in [0.3, 0.4) is 0 Å². The van der Waals surface area contributed by atoms with Crippen molar-refractivity contribution >= 4 is 34.5 Å². The number of nitrogens with zero attached hydrogens (tertiary/aromatic N) is 1. The molecular formula is C16H20N2O3S. The molecule has 0 aliphatic carbocycles. The average molecular weight is 320 g/mol. The Morgan fingerprint density at radius 3 is 2.82 bits per heavy atom. The van der Waals surface area contributed by atoms with Gasteiger partial charge in [-0.15, -0.1) is 0 Å². The highest BCUT2D eigenvalue weighted by atomic mass is 32.2. The molecule has 0 radical (unpaired) electrons. The van der Waals surface area contributed by atoms with Gasteiger partial charge in [0, 0.05) is 24.7 Å². The summed E-state index contributed by atoms with van der Waals surface area (Å²) in [5.41, 5.74) is 1.08. The first-order valence-electron chi connectivity index (χ1n) is 7.17. The van der Waals surface area contributed by atoms with E-state index < -0.39 is 12.0 Å². The summed E-state index contributed by atoms with van der Waals surface area (Å²) >= 11 is 1.57. The van der Waals surface area contributed by atoms with Crippen molar-refractivity contribution in [1.29, 1.82) is 0 Å². The van der Waals surface area contributed by atoms with E-state index in [1.54, 1.807) is 11.8 Å². The SMILES string of the molecule is CSCC[C@@H](NC(=O)CCn1ccc2ccccc21)C(=O)O. The van der Waals surface area contributed by atoms with Crippen LogP contribution in [-0.2, 0) is 16.1 Å². The Morgan fingerprint density at radius 2 is 2.09 bits per heavy atom. The molecule has 1 aromatic carbocycles. The lowest BCUT2D eigenvalue weighted by molar-refractivity contribution is -0.141. The minimum absolute atomic E-state index is 0.230. The van der Waals surface area contributed by atoms with Crippen LogP contribution in [0.1, 0.15) is 12.8 Å². The van der Waals surface area contributed by atoms with Crippen LogP contribution >= 0.6 is 11.8 Å². The molecule has 1 amide bonds. The quantitative estimate of drug-likeness (QED) is 0.783. The van der Waals surface area contributed by atoms with Crippen LogP contribution < -0.4 is 5.32 Å². The Morgan fingerprint density at radius 1 is 1.32 bits per heavy atom. The Labute approximate surface area is 133 Å². The highest BCUT2D eigenvalue weighted by Gasteiger charge is 2.19. The molecule has 2 aromatic rings. The van der Waals surface area contributed by atoms with Crippen LogP contribution in [0.4, 0.5) is 0 Å². The molecule has 0 aliphatic heterocycles. The number of thioether (sulfide) groups is 1. The van der Waals surface area contributed by atoms with Gasteiger partial charge in [-0.05, 0) is 35.9 Å². The third kappa shape index (κ3) is 4.27. The minimum atomic E-state index is -0.978. The fourth-order valence-corrected chi connectivity index (χ4v) is 2.79. The lowest BCUT2D eigenvalue weighted by atomic mass is 10.2. The number of aromatic nitrogens is 1. The van der Waals surface area contributed by atoms with E-state index in [9.17, 15) is 9.59 Å². The number of benzene rings is 1. The van der Waals surface area contributed by atoms with E-state index in [1.165, 1.54) is 0 Å². The van der Waals surface area contributed by atoms with Gasteiger partial charge in [-0.3, -0.25) is 4.79 Å². The number of carboxylic acid groups (broad SMARTS) is 1. The standard InChI is InChI=1S/C16H20N2O3S/c1-22-11-8-13(16(20)21)17-15(19)7-10-18-9-6-12-4-2-3-5-14(12)18/h2-6,9,13H,7-8,10-11H2,1H3,(H,17,19)(H,20,21)/t13-/m1/s1. The van der Waals surface area contributed by atoms with E-state index >= 15 is 0 Å². The molecule has 2 rings (SSSR count). The van der Waals surface area contributed by atoms with Gasteiger partial charge >= 0.3 is 5.97 Å². The first-order chi connectivity index (χ1) is 10.6. The molecule has 1 aromatic heterocycles. The number of rotatable bonds is 8. The molecule has 0 unspecified atom stereocenters. The summed E-state index contributed by atoms with van der Waals surface area (Å²) in [5, 5.41) is 12.8. The zero-order valence-corrected chi connectivity index (χ0v) is 13.3. The van der Waals surface area contributed by atoms with E-state index in [-0.39, 0.29) is 12.3 Å². The number of para-hydroxylation sites is 1. The summed E-state index contributed by atoms with van der Waals surface area (Å²) in [5.74, 6) is -0.500. The van der Waals surface area contributed by atoms with Crippen LogP contribution in [-0.4, -0.2) is 39.6 Å². The van der Waals surface area contributed by atoms with Crippen LogP contribution in [0.2, 0.25) is 0 Å². The van der Waals surface area contributed by atoms with Crippen molar-refractivity contribution in [3.63, 3.8) is 0 Å². The molecule has 0 fully saturated rings. The molecule has 2 N–H and O–H groups in total. The molecule has 6 heteroatoms. The van der Waals surface area contributed by atoms with Crippen molar-refractivity contribution in [3.05, 3.63) is 36.5 Å². The highest BCUT2D eigenvalue weighted by molar-refractivity contribution is 7.98. The van der Waals surface area contributed by atoms with E-state index in [0.717, 1.165) is 10.9 Å². The lowest BCUT2D eigenvalue weighted by Crippen LogP contribution is -2.41. The number of hydrogen-bond donors (Lipinski definition) is 2. The van der Waals surface area contributed by atoms with Crippen molar-refractivity contribution in [3.8, 4) is 0 Å². The summed E-state index contributed by atoms with van der Waals surface area (Å²) in [4.78, 5) is 23.1. The van der Waals surface area contributed by atoms with E-state index in [2.05, 4.69) is 5.32 Å². The zero-order valence-electron chi connectivity index (χ0n) is 12.5. The summed E-state index contributed by atoms with van der Waals surface area (Å²) in [7, 11) is 0. The molecule has 118 valence electrons. The maximum Gasteiger partial charge on any atom is 0.326 e. The van der Waals surface area contributed by atoms with Gasteiger partial charge in [-0.1, -0.05) is 18.2 Å². The van der Waals surface area contributed by atoms with Crippen molar-refractivity contribution in [2.45, 2.75) is 25.4 Å². The van der Waals surface area contributed by atoms with Gasteiger partial charge < -0.3 is 15.0 Å². The molecule has 1 atom stereocenters. The summed E-state index contributed by atoms with van der Waals surface area (Å²) in [6.07, 6.45) is 4.56. The number of aliphatic carboxylic acids is 1. The van der Waals surface area contributed by atoms with Crippen LogP contribution in [0.15, 0.2) is 36.5 Å². The van der Waals surface area contributed by atoms with Gasteiger partial charge in [0.05, 0.1) is 0 Å². The third-order valence-electron chi connectivity index (χ3n) is 3.50. The number of carbonyl (C=O) groups excluding carboxylic acids is 1. The predicted octanol–water partition coefficient (Wildman–Crippen LogP) is 2.35. The molecule has 22 heavy (non-hydrogen) atoms. The number of nitrogens with one attached hydrogen (secondary N) is 1. The Hall–Kier alpha value is -1.95. The Balaban J connectivity index is 1.90. The highest BCUT2D eigenvalue weighted by Crippen LogP contribution is 2.15. The molecule has 0 saturated heterocycles. The Bertz CT molecular complexity index is 654. The summed E-state index contributed by atoms with van der Waals surface area (Å²) in [6, 6.07) is 9.16. The van der Waals surface area contributed by atoms with Gasteiger partial charge in [0.2, 0.25) is 5.91 Å². The van der Waals surface area contributed by atoms with Gasteiger partial charge in [-0.2, -0.15) is 11.8 Å². The second-order valence-corrected chi connectivity index (χ2v) is 6.04. The van der Waals surface area contributed by atoms with Gasteiger partial charge in [0.1, 0.15) is 6.04 Å². The number of carbonyl (C=O) groups is 2.